The summed E-state index contributed by atoms with van der Waals surface area (Å²) in [7, 11) is 1.24. The summed E-state index contributed by atoms with van der Waals surface area (Å²) in [6.45, 7) is 0.214. The molecule has 0 amide bonds. The normalized spacial score (nSPS) is 10.1. The lowest BCUT2D eigenvalue weighted by Crippen LogP contribution is -2.06. The fourth-order valence-corrected chi connectivity index (χ4v) is 1.60. The lowest BCUT2D eigenvalue weighted by molar-refractivity contribution is -0.384. The van der Waals surface area contributed by atoms with Crippen molar-refractivity contribution in [3.63, 3.8) is 0 Å². The average Bonchev–Trinajstić information content (AvgIpc) is 2.97. The molecule has 8 heteroatoms. The van der Waals surface area contributed by atoms with Gasteiger partial charge >= 0.3 is 5.97 Å². The molecule has 0 fully saturated rings. The minimum Gasteiger partial charge on any atom is -0.465 e. The van der Waals surface area contributed by atoms with Gasteiger partial charge in [-0.25, -0.2) is 4.79 Å². The number of nitrogens with one attached hydrogen (secondary N) is 1. The number of aromatic nitrogens is 1. The van der Waals surface area contributed by atoms with Crippen molar-refractivity contribution >= 4 is 17.3 Å². The van der Waals surface area contributed by atoms with Crippen molar-refractivity contribution < 1.29 is 19.0 Å². The summed E-state index contributed by atoms with van der Waals surface area (Å²) in [6.07, 6.45) is 1.47. The van der Waals surface area contributed by atoms with Crippen molar-refractivity contribution in [1.29, 1.82) is 0 Å². The van der Waals surface area contributed by atoms with Gasteiger partial charge in [-0.3, -0.25) is 10.1 Å². The molecule has 2 aromatic rings. The van der Waals surface area contributed by atoms with E-state index in [4.69, 9.17) is 4.52 Å². The van der Waals surface area contributed by atoms with E-state index in [1.807, 2.05) is 0 Å². The summed E-state index contributed by atoms with van der Waals surface area (Å²) in [5.41, 5.74) is 0.282. The smallest absolute Gasteiger partial charge is 0.337 e. The summed E-state index contributed by atoms with van der Waals surface area (Å²) < 4.78 is 9.46. The minimum absolute atomic E-state index is 0.142. The lowest BCUT2D eigenvalue weighted by Gasteiger charge is -2.07. The monoisotopic (exact) mass is 277 g/mol. The van der Waals surface area contributed by atoms with Gasteiger partial charge in [0.15, 0.2) is 5.76 Å². The standard InChI is InChI=1S/C12H11N3O5/c1-19-12(16)8-2-3-11(15(17)18)10(6-8)13-7-9-4-5-14-20-9/h2-6,13H,7H2,1H3. The third-order valence-electron chi connectivity index (χ3n) is 2.56. The Bertz CT molecular complexity index is 624. The van der Waals surface area contributed by atoms with Gasteiger partial charge < -0.3 is 14.6 Å². The van der Waals surface area contributed by atoms with E-state index in [0.717, 1.165) is 0 Å². The molecular weight excluding hydrogens is 266 g/mol. The Kier molecular flexibility index (Phi) is 3.94. The highest BCUT2D eigenvalue weighted by molar-refractivity contribution is 5.91. The van der Waals surface area contributed by atoms with Gasteiger partial charge in [-0.15, -0.1) is 0 Å². The van der Waals surface area contributed by atoms with Gasteiger partial charge in [-0.1, -0.05) is 5.16 Å². The predicted octanol–water partition coefficient (Wildman–Crippen LogP) is 1.98. The molecule has 20 heavy (non-hydrogen) atoms. The Morgan fingerprint density at radius 2 is 2.30 bits per heavy atom. The zero-order valence-electron chi connectivity index (χ0n) is 10.5. The summed E-state index contributed by atoms with van der Waals surface area (Å²) in [6, 6.07) is 5.57. The number of carbonyl (C=O) groups excluding carboxylic acids is 1. The highest BCUT2D eigenvalue weighted by Crippen LogP contribution is 2.26. The van der Waals surface area contributed by atoms with E-state index in [2.05, 4.69) is 15.2 Å². The van der Waals surface area contributed by atoms with Crippen LogP contribution in [0.2, 0.25) is 0 Å². The second kappa shape index (κ2) is 5.83. The first kappa shape index (κ1) is 13.5. The number of anilines is 1. The molecule has 0 atom stereocenters. The topological polar surface area (TPSA) is 108 Å². The molecule has 0 unspecified atom stereocenters. The number of carbonyl (C=O) groups is 1. The van der Waals surface area contributed by atoms with Crippen LogP contribution in [0.3, 0.4) is 0 Å². The number of ether oxygens (including phenoxy) is 1. The highest BCUT2D eigenvalue weighted by Gasteiger charge is 2.17. The second-order valence-corrected chi connectivity index (χ2v) is 3.81. The van der Waals surface area contributed by atoms with Gasteiger partial charge in [-0.2, -0.15) is 0 Å². The van der Waals surface area contributed by atoms with Crippen molar-refractivity contribution in [2.45, 2.75) is 6.54 Å². The Morgan fingerprint density at radius 1 is 1.50 bits per heavy atom. The fraction of sp³-hybridized carbons (Fsp3) is 0.167. The van der Waals surface area contributed by atoms with Gasteiger partial charge in [0.05, 0.1) is 30.3 Å². The summed E-state index contributed by atoms with van der Waals surface area (Å²) in [5.74, 6) is -0.0506. The largest absolute Gasteiger partial charge is 0.465 e. The Balaban J connectivity index is 2.26. The van der Waals surface area contributed by atoms with Crippen LogP contribution in [0, 0.1) is 10.1 Å². The van der Waals surface area contributed by atoms with Gasteiger partial charge in [0.2, 0.25) is 0 Å². The van der Waals surface area contributed by atoms with Crippen molar-refractivity contribution in [3.05, 3.63) is 51.9 Å². The summed E-state index contributed by atoms with van der Waals surface area (Å²) >= 11 is 0. The van der Waals surface area contributed by atoms with Crippen LogP contribution in [0.1, 0.15) is 16.1 Å². The van der Waals surface area contributed by atoms with E-state index >= 15 is 0 Å². The number of hydrogen-bond acceptors (Lipinski definition) is 7. The van der Waals surface area contributed by atoms with Gasteiger partial charge in [0.1, 0.15) is 5.69 Å². The maximum Gasteiger partial charge on any atom is 0.337 e. The molecule has 0 bridgehead atoms. The number of benzene rings is 1. The van der Waals surface area contributed by atoms with E-state index in [1.165, 1.54) is 31.5 Å². The average molecular weight is 277 g/mol. The van der Waals surface area contributed by atoms with Crippen LogP contribution < -0.4 is 5.32 Å². The molecule has 0 saturated heterocycles. The number of nitro benzene ring substituents is 1. The highest BCUT2D eigenvalue weighted by atomic mass is 16.6. The molecular formula is C12H11N3O5. The molecule has 8 nitrogen and oxygen atoms in total. The van der Waals surface area contributed by atoms with E-state index in [-0.39, 0.29) is 23.5 Å². The van der Waals surface area contributed by atoms with Crippen molar-refractivity contribution in [3.8, 4) is 0 Å². The van der Waals surface area contributed by atoms with Crippen LogP contribution >= 0.6 is 0 Å². The second-order valence-electron chi connectivity index (χ2n) is 3.81. The third-order valence-corrected chi connectivity index (χ3v) is 2.56. The molecule has 0 aliphatic carbocycles. The maximum absolute atomic E-state index is 11.4. The van der Waals surface area contributed by atoms with Crippen LogP contribution in [0.5, 0.6) is 0 Å². The molecule has 0 aliphatic heterocycles. The minimum atomic E-state index is -0.567. The molecule has 0 aliphatic rings. The van der Waals surface area contributed by atoms with Gasteiger partial charge in [-0.05, 0) is 12.1 Å². The molecule has 0 spiro atoms. The SMILES string of the molecule is COC(=O)c1ccc([N+](=O)[O-])c(NCc2ccno2)c1. The van der Waals surface area contributed by atoms with Crippen molar-refractivity contribution in [1.82, 2.24) is 5.16 Å². The number of methoxy groups -OCH3 is 1. The summed E-state index contributed by atoms with van der Waals surface area (Å²) in [4.78, 5) is 21.8. The van der Waals surface area contributed by atoms with Crippen LogP contribution in [-0.4, -0.2) is 23.2 Å². The first-order valence-corrected chi connectivity index (χ1v) is 5.62. The van der Waals surface area contributed by atoms with Crippen LogP contribution in [0.25, 0.3) is 0 Å². The van der Waals surface area contributed by atoms with E-state index in [0.29, 0.717) is 5.76 Å². The summed E-state index contributed by atoms with van der Waals surface area (Å²) in [5, 5.41) is 17.3. The zero-order valence-corrected chi connectivity index (χ0v) is 10.5. The van der Waals surface area contributed by atoms with E-state index < -0.39 is 10.9 Å². The Morgan fingerprint density at radius 3 is 2.90 bits per heavy atom. The number of esters is 1. The number of nitro groups is 1. The van der Waals surface area contributed by atoms with Crippen LogP contribution in [0.15, 0.2) is 35.0 Å². The molecule has 1 N–H and O–H groups in total. The van der Waals surface area contributed by atoms with Crippen molar-refractivity contribution in [2.24, 2.45) is 0 Å². The number of nitrogens with zero attached hydrogens (tertiary/aromatic N) is 2. The van der Waals surface area contributed by atoms with Crippen molar-refractivity contribution in [2.75, 3.05) is 12.4 Å². The zero-order chi connectivity index (χ0) is 14.5. The number of hydrogen-bond donors (Lipinski definition) is 1. The van der Waals surface area contributed by atoms with Gasteiger partial charge in [0.25, 0.3) is 5.69 Å². The molecule has 1 aromatic carbocycles. The number of rotatable bonds is 5. The quantitative estimate of drug-likeness (QED) is 0.505. The molecule has 0 saturated carbocycles. The van der Waals surface area contributed by atoms with Gasteiger partial charge in [0, 0.05) is 12.1 Å². The molecule has 104 valence electrons. The Labute approximate surface area is 113 Å². The first-order valence-electron chi connectivity index (χ1n) is 5.62. The van der Waals surface area contributed by atoms with E-state index in [9.17, 15) is 14.9 Å². The van der Waals surface area contributed by atoms with Crippen LogP contribution in [-0.2, 0) is 11.3 Å². The lowest BCUT2D eigenvalue weighted by atomic mass is 10.1. The predicted molar refractivity (Wildman–Crippen MR) is 68.3 cm³/mol. The molecule has 1 aromatic heterocycles. The maximum atomic E-state index is 11.4. The molecule has 0 radical (unpaired) electrons. The Hall–Kier alpha value is -2.90. The van der Waals surface area contributed by atoms with Crippen LogP contribution in [0.4, 0.5) is 11.4 Å². The molecule has 1 heterocycles. The third kappa shape index (κ3) is 2.91. The molecule has 2 rings (SSSR count). The first-order chi connectivity index (χ1) is 9.61. The van der Waals surface area contributed by atoms with E-state index in [1.54, 1.807) is 6.07 Å². The fourth-order valence-electron chi connectivity index (χ4n) is 1.60.